The largest absolute Gasteiger partial charge is 0.254 e. The van der Waals surface area contributed by atoms with E-state index in [9.17, 15) is 4.39 Å². The van der Waals surface area contributed by atoms with Gasteiger partial charge >= 0.3 is 0 Å². The fourth-order valence-corrected chi connectivity index (χ4v) is 1.47. The number of halogens is 1. The van der Waals surface area contributed by atoms with Crippen molar-refractivity contribution in [2.24, 2.45) is 0 Å². The van der Waals surface area contributed by atoms with E-state index in [4.69, 9.17) is 0 Å². The van der Waals surface area contributed by atoms with E-state index in [1.54, 1.807) is 12.3 Å². The first-order chi connectivity index (χ1) is 6.50. The minimum atomic E-state index is -0.432. The average molecular weight is 193 g/mol. The van der Waals surface area contributed by atoms with E-state index in [1.165, 1.54) is 10.7 Å². The van der Waals surface area contributed by atoms with Gasteiger partial charge in [-0.25, -0.2) is 4.52 Å². The van der Waals surface area contributed by atoms with E-state index in [1.807, 2.05) is 20.8 Å². The number of nitrogens with zero attached hydrogens (tertiary/aromatic N) is 3. The van der Waals surface area contributed by atoms with E-state index in [2.05, 4.69) is 10.1 Å². The van der Waals surface area contributed by atoms with Crippen molar-refractivity contribution in [1.29, 1.82) is 0 Å². The van der Waals surface area contributed by atoms with Gasteiger partial charge in [-0.05, 0) is 6.07 Å². The second-order valence-electron chi connectivity index (χ2n) is 4.31. The van der Waals surface area contributed by atoms with Crippen molar-refractivity contribution in [2.45, 2.75) is 26.2 Å². The lowest BCUT2D eigenvalue weighted by Crippen LogP contribution is -2.16. The molecule has 2 aromatic rings. The maximum atomic E-state index is 13.2. The number of hydrogen-bond donors (Lipinski definition) is 0. The maximum Gasteiger partial charge on any atom is 0.233 e. The third-order valence-electron chi connectivity index (χ3n) is 2.10. The molecule has 2 aromatic heterocycles. The fraction of sp³-hybridized carbons (Fsp3) is 0.400. The highest BCUT2D eigenvalue weighted by molar-refractivity contribution is 5.53. The van der Waals surface area contributed by atoms with Gasteiger partial charge in [0, 0.05) is 5.41 Å². The van der Waals surface area contributed by atoms with Gasteiger partial charge in [-0.2, -0.15) is 9.49 Å². The number of rotatable bonds is 0. The van der Waals surface area contributed by atoms with Crippen LogP contribution in [0.15, 0.2) is 18.5 Å². The van der Waals surface area contributed by atoms with E-state index < -0.39 is 5.95 Å². The number of hydrogen-bond acceptors (Lipinski definition) is 2. The molecule has 0 fully saturated rings. The van der Waals surface area contributed by atoms with Crippen LogP contribution in [-0.4, -0.2) is 14.6 Å². The third kappa shape index (κ3) is 1.27. The molecule has 0 amide bonds. The molecule has 0 unspecified atom stereocenters. The lowest BCUT2D eigenvalue weighted by Gasteiger charge is -2.18. The summed E-state index contributed by atoms with van der Waals surface area (Å²) in [7, 11) is 0. The minimum Gasteiger partial charge on any atom is -0.254 e. The molecular formula is C10H12FN3. The Morgan fingerprint density at radius 1 is 1.36 bits per heavy atom. The van der Waals surface area contributed by atoms with Crippen LogP contribution in [0.3, 0.4) is 0 Å². The zero-order valence-electron chi connectivity index (χ0n) is 8.45. The summed E-state index contributed by atoms with van der Waals surface area (Å²) in [5, 5.41) is 3.89. The van der Waals surface area contributed by atoms with Gasteiger partial charge in [-0.15, -0.1) is 0 Å². The van der Waals surface area contributed by atoms with E-state index in [0.29, 0.717) is 0 Å². The molecule has 0 bridgehead atoms. The van der Waals surface area contributed by atoms with E-state index >= 15 is 0 Å². The topological polar surface area (TPSA) is 30.2 Å². The number of fused-ring (bicyclic) bond motifs is 1. The molecule has 0 aliphatic heterocycles. The van der Waals surface area contributed by atoms with Gasteiger partial charge in [0.2, 0.25) is 5.95 Å². The summed E-state index contributed by atoms with van der Waals surface area (Å²) < 4.78 is 14.5. The molecule has 0 atom stereocenters. The van der Waals surface area contributed by atoms with Crippen LogP contribution in [0.25, 0.3) is 5.52 Å². The Bertz CT molecular complexity index is 468. The third-order valence-corrected chi connectivity index (χ3v) is 2.10. The molecule has 0 saturated heterocycles. The minimum absolute atomic E-state index is 0.102. The molecule has 0 aliphatic rings. The van der Waals surface area contributed by atoms with E-state index in [0.717, 1.165) is 11.2 Å². The van der Waals surface area contributed by atoms with Crippen molar-refractivity contribution in [1.82, 2.24) is 14.6 Å². The monoisotopic (exact) mass is 193 g/mol. The summed E-state index contributed by atoms with van der Waals surface area (Å²) in [6.45, 7) is 6.13. The number of aromatic nitrogens is 3. The summed E-state index contributed by atoms with van der Waals surface area (Å²) in [5.74, 6) is -0.432. The van der Waals surface area contributed by atoms with Crippen LogP contribution in [0, 0.1) is 5.95 Å². The Balaban J connectivity index is 2.80. The molecule has 0 radical (unpaired) electrons. The predicted molar refractivity (Wildman–Crippen MR) is 51.6 cm³/mol. The second-order valence-corrected chi connectivity index (χ2v) is 4.31. The average Bonchev–Trinajstić information content (AvgIpc) is 2.50. The zero-order chi connectivity index (χ0) is 10.3. The molecule has 74 valence electrons. The Morgan fingerprint density at radius 2 is 2.07 bits per heavy atom. The van der Waals surface area contributed by atoms with Gasteiger partial charge in [-0.3, -0.25) is 4.98 Å². The molecule has 0 aromatic carbocycles. The highest BCUT2D eigenvalue weighted by Gasteiger charge is 2.20. The van der Waals surface area contributed by atoms with E-state index in [-0.39, 0.29) is 5.41 Å². The normalized spacial score (nSPS) is 12.3. The lowest BCUT2D eigenvalue weighted by molar-refractivity contribution is 0.517. The Labute approximate surface area is 81.6 Å². The van der Waals surface area contributed by atoms with Crippen molar-refractivity contribution in [3.8, 4) is 0 Å². The van der Waals surface area contributed by atoms with Crippen LogP contribution in [-0.2, 0) is 5.41 Å². The van der Waals surface area contributed by atoms with Crippen molar-refractivity contribution in [3.05, 3.63) is 30.1 Å². The summed E-state index contributed by atoms with van der Waals surface area (Å²) in [5.41, 5.74) is 1.49. The molecule has 4 heteroatoms. The van der Waals surface area contributed by atoms with Crippen molar-refractivity contribution in [2.75, 3.05) is 0 Å². The molecule has 0 N–H and O–H groups in total. The molecule has 0 aliphatic carbocycles. The van der Waals surface area contributed by atoms with Gasteiger partial charge in [0.1, 0.15) is 0 Å². The first-order valence-corrected chi connectivity index (χ1v) is 4.49. The van der Waals surface area contributed by atoms with Crippen LogP contribution in [0.2, 0.25) is 0 Å². The van der Waals surface area contributed by atoms with Gasteiger partial charge in [0.15, 0.2) is 0 Å². The Hall–Kier alpha value is -1.45. The van der Waals surface area contributed by atoms with Gasteiger partial charge in [0.25, 0.3) is 0 Å². The summed E-state index contributed by atoms with van der Waals surface area (Å²) >= 11 is 0. The highest BCUT2D eigenvalue weighted by atomic mass is 19.1. The van der Waals surface area contributed by atoms with Gasteiger partial charge < -0.3 is 0 Å². The first kappa shape index (κ1) is 9.12. The summed E-state index contributed by atoms with van der Waals surface area (Å²) in [4.78, 5) is 4.11. The predicted octanol–water partition coefficient (Wildman–Crippen LogP) is 2.17. The summed E-state index contributed by atoms with van der Waals surface area (Å²) in [6, 6.07) is 1.77. The van der Waals surface area contributed by atoms with Crippen LogP contribution in [0.5, 0.6) is 0 Å². The van der Waals surface area contributed by atoms with Gasteiger partial charge in [-0.1, -0.05) is 20.8 Å². The first-order valence-electron chi connectivity index (χ1n) is 4.49. The van der Waals surface area contributed by atoms with Crippen molar-refractivity contribution >= 4 is 5.52 Å². The van der Waals surface area contributed by atoms with Crippen LogP contribution in [0.4, 0.5) is 4.39 Å². The van der Waals surface area contributed by atoms with Crippen LogP contribution >= 0.6 is 0 Å². The maximum absolute atomic E-state index is 13.2. The molecule has 3 nitrogen and oxygen atoms in total. The molecule has 0 saturated carbocycles. The van der Waals surface area contributed by atoms with Gasteiger partial charge in [0.05, 0.1) is 23.6 Å². The molecular weight excluding hydrogens is 181 g/mol. The Kier molecular flexibility index (Phi) is 1.80. The molecule has 0 spiro atoms. The van der Waals surface area contributed by atoms with Crippen molar-refractivity contribution in [3.63, 3.8) is 0 Å². The lowest BCUT2D eigenvalue weighted by atomic mass is 9.91. The SMILES string of the molecule is CC(C)(C)c1ncc(F)n2nccc12. The second kappa shape index (κ2) is 2.77. The fourth-order valence-electron chi connectivity index (χ4n) is 1.47. The Morgan fingerprint density at radius 3 is 2.71 bits per heavy atom. The molecule has 2 rings (SSSR count). The standard InChI is InChI=1S/C10H12FN3/c1-10(2,3)9-7-4-5-13-14(7)8(11)6-12-9/h4-6H,1-3H3. The molecule has 14 heavy (non-hydrogen) atoms. The smallest absolute Gasteiger partial charge is 0.233 e. The quantitative estimate of drug-likeness (QED) is 0.641. The highest BCUT2D eigenvalue weighted by Crippen LogP contribution is 2.24. The summed E-state index contributed by atoms with van der Waals surface area (Å²) in [6.07, 6.45) is 2.79. The van der Waals surface area contributed by atoms with Crippen LogP contribution < -0.4 is 0 Å². The van der Waals surface area contributed by atoms with Crippen molar-refractivity contribution < 1.29 is 4.39 Å². The molecule has 2 heterocycles. The van der Waals surface area contributed by atoms with Crippen LogP contribution in [0.1, 0.15) is 26.5 Å². The zero-order valence-corrected chi connectivity index (χ0v) is 8.45.